The summed E-state index contributed by atoms with van der Waals surface area (Å²) in [4.78, 5) is 39.2. The first-order valence-electron chi connectivity index (χ1n) is 13.0. The number of hydrogen-bond acceptors (Lipinski definition) is 9. The van der Waals surface area contributed by atoms with Gasteiger partial charge in [0.2, 0.25) is 0 Å². The largest absolute Gasteiger partial charge is 0.469 e. The molecule has 1 heterocycles. The highest BCUT2D eigenvalue weighted by molar-refractivity contribution is 7.79. The number of esters is 3. The van der Waals surface area contributed by atoms with Crippen molar-refractivity contribution in [1.82, 2.24) is 0 Å². The fourth-order valence-corrected chi connectivity index (χ4v) is 8.48. The molecule has 1 saturated heterocycles. The van der Waals surface area contributed by atoms with Crippen LogP contribution in [0.2, 0.25) is 0 Å². The van der Waals surface area contributed by atoms with Crippen LogP contribution in [0.4, 0.5) is 4.39 Å². The summed E-state index contributed by atoms with van der Waals surface area (Å²) < 4.78 is 41.9. The Labute approximate surface area is 230 Å². The molecular formula is C29H29FO8S. The summed E-state index contributed by atoms with van der Waals surface area (Å²) in [5.41, 5.74) is -0.987. The molecule has 6 rings (SSSR count). The topological polar surface area (TPSA) is 97.4 Å². The van der Waals surface area contributed by atoms with Crippen LogP contribution < -0.4 is 4.74 Å². The molecule has 8 nitrogen and oxygen atoms in total. The average molecular weight is 557 g/mol. The zero-order valence-corrected chi connectivity index (χ0v) is 22.7. The van der Waals surface area contributed by atoms with E-state index in [0.29, 0.717) is 25.7 Å². The highest BCUT2D eigenvalue weighted by Crippen LogP contribution is 2.75. The lowest BCUT2D eigenvalue weighted by Gasteiger charge is -2.43. The number of allylic oxidation sites excluding steroid dienone is 1. The average Bonchev–Trinajstić information content (AvgIpc) is 3.33. The summed E-state index contributed by atoms with van der Waals surface area (Å²) in [6.07, 6.45) is 2.46. The lowest BCUT2D eigenvalue weighted by molar-refractivity contribution is -0.163. The molecule has 4 fully saturated rings. The van der Waals surface area contributed by atoms with Crippen molar-refractivity contribution >= 4 is 35.4 Å². The minimum atomic E-state index is -1.27. The molecule has 10 heteroatoms. The standard InChI is InChI=1S/C29H29FO8S/c1-14-12-28-13-29(14,38-15(2)31)10-9-19(28)18-11-20-23(37-26(39)35-17-7-5-16(30)6-8-17)27(3,25(33)36-20)21(18)22(28)24(32)34-4/h5-8,11,19-23H,1,9-10,12-13H2,2-4H3/t19-,20+,21+,22+,23-,27-,28-,29-/m0/s1. The van der Waals surface area contributed by atoms with Gasteiger partial charge in [0.15, 0.2) is 12.2 Å². The van der Waals surface area contributed by atoms with Gasteiger partial charge in [0.1, 0.15) is 22.6 Å². The third-order valence-electron chi connectivity index (χ3n) is 9.65. The van der Waals surface area contributed by atoms with Crippen molar-refractivity contribution in [2.45, 2.75) is 57.3 Å². The predicted molar refractivity (Wildman–Crippen MR) is 138 cm³/mol. The minimum absolute atomic E-state index is 0.0470. The Bertz CT molecular complexity index is 1340. The normalized spacial score (nSPS) is 39.2. The molecule has 3 saturated carbocycles. The number of thiocarbonyl (C=S) groups is 1. The van der Waals surface area contributed by atoms with Gasteiger partial charge in [-0.05, 0) is 79.9 Å². The monoisotopic (exact) mass is 556 g/mol. The number of fused-ring (bicyclic) bond motifs is 6. The molecule has 0 N–H and O–H groups in total. The summed E-state index contributed by atoms with van der Waals surface area (Å²) in [5.74, 6) is -2.82. The summed E-state index contributed by atoms with van der Waals surface area (Å²) in [6, 6.07) is 5.30. The van der Waals surface area contributed by atoms with Gasteiger partial charge in [-0.3, -0.25) is 14.4 Å². The molecule has 206 valence electrons. The van der Waals surface area contributed by atoms with E-state index in [1.165, 1.54) is 38.3 Å². The van der Waals surface area contributed by atoms with E-state index in [1.807, 2.05) is 6.08 Å². The Morgan fingerprint density at radius 2 is 1.95 bits per heavy atom. The van der Waals surface area contributed by atoms with Gasteiger partial charge in [-0.1, -0.05) is 12.2 Å². The third kappa shape index (κ3) is 3.53. The summed E-state index contributed by atoms with van der Waals surface area (Å²) in [6.45, 7) is 7.39. The van der Waals surface area contributed by atoms with Crippen molar-refractivity contribution < 1.29 is 42.5 Å². The predicted octanol–water partition coefficient (Wildman–Crippen LogP) is 4.21. The Morgan fingerprint density at radius 1 is 1.23 bits per heavy atom. The van der Waals surface area contributed by atoms with E-state index in [0.717, 1.165) is 11.1 Å². The molecule has 4 aliphatic carbocycles. The van der Waals surface area contributed by atoms with Gasteiger partial charge >= 0.3 is 23.1 Å². The number of benzene rings is 1. The van der Waals surface area contributed by atoms with Crippen LogP contribution in [0.25, 0.3) is 0 Å². The van der Waals surface area contributed by atoms with Gasteiger partial charge in [-0.15, -0.1) is 0 Å². The second kappa shape index (κ2) is 8.61. The molecule has 0 aromatic heterocycles. The zero-order chi connectivity index (χ0) is 27.9. The lowest BCUT2D eigenvalue weighted by Crippen LogP contribution is -2.52. The van der Waals surface area contributed by atoms with E-state index in [1.54, 1.807) is 6.92 Å². The van der Waals surface area contributed by atoms with E-state index in [9.17, 15) is 18.8 Å². The van der Waals surface area contributed by atoms with Crippen molar-refractivity contribution in [3.8, 4) is 5.75 Å². The first-order chi connectivity index (χ1) is 18.4. The molecule has 1 spiro atoms. The third-order valence-corrected chi connectivity index (χ3v) is 9.83. The molecule has 4 bridgehead atoms. The molecule has 1 aliphatic heterocycles. The van der Waals surface area contributed by atoms with Gasteiger partial charge in [0, 0.05) is 25.1 Å². The molecular weight excluding hydrogens is 527 g/mol. The Morgan fingerprint density at radius 3 is 2.62 bits per heavy atom. The first-order valence-corrected chi connectivity index (χ1v) is 13.4. The van der Waals surface area contributed by atoms with E-state index in [4.69, 9.17) is 35.9 Å². The van der Waals surface area contributed by atoms with Gasteiger partial charge in [0.05, 0.1) is 13.0 Å². The molecule has 1 aromatic carbocycles. The van der Waals surface area contributed by atoms with E-state index >= 15 is 0 Å². The number of rotatable bonds is 4. The quantitative estimate of drug-likeness (QED) is 0.234. The number of carbonyl (C=O) groups is 3. The van der Waals surface area contributed by atoms with E-state index < -0.39 is 64.2 Å². The van der Waals surface area contributed by atoms with Crippen LogP contribution >= 0.6 is 12.2 Å². The molecule has 0 amide bonds. The summed E-state index contributed by atoms with van der Waals surface area (Å²) >= 11 is 5.34. The molecule has 0 unspecified atom stereocenters. The van der Waals surface area contributed by atoms with E-state index in [2.05, 4.69) is 6.58 Å². The van der Waals surface area contributed by atoms with Crippen molar-refractivity contribution in [2.75, 3.05) is 7.11 Å². The number of hydrogen-bond donors (Lipinski definition) is 0. The van der Waals surface area contributed by atoms with Crippen LogP contribution in [0.1, 0.15) is 39.5 Å². The second-order valence-corrected chi connectivity index (χ2v) is 11.8. The van der Waals surface area contributed by atoms with Gasteiger partial charge < -0.3 is 23.7 Å². The first kappa shape index (κ1) is 26.0. The number of ether oxygens (including phenoxy) is 5. The Balaban J connectivity index is 1.38. The van der Waals surface area contributed by atoms with Crippen LogP contribution in [-0.2, 0) is 33.3 Å². The molecule has 0 radical (unpaired) electrons. The summed E-state index contributed by atoms with van der Waals surface area (Å²) in [7, 11) is 1.34. The van der Waals surface area contributed by atoms with Gasteiger partial charge in [0.25, 0.3) is 0 Å². The number of carbonyl (C=O) groups excluding carboxylic acids is 3. The fraction of sp³-hybridized carbons (Fsp3) is 0.517. The van der Waals surface area contributed by atoms with Crippen LogP contribution in [0.15, 0.2) is 48.1 Å². The maximum atomic E-state index is 13.6. The molecule has 5 aliphatic rings. The van der Waals surface area contributed by atoms with Crippen LogP contribution in [0, 0.1) is 34.4 Å². The maximum absolute atomic E-state index is 13.6. The summed E-state index contributed by atoms with van der Waals surface area (Å²) in [5, 5.41) is -0.246. The number of methoxy groups -OCH3 is 1. The lowest BCUT2D eigenvalue weighted by atomic mass is 9.61. The Kier molecular flexibility index (Phi) is 5.74. The molecule has 1 aromatic rings. The van der Waals surface area contributed by atoms with Crippen molar-refractivity contribution in [3.63, 3.8) is 0 Å². The maximum Gasteiger partial charge on any atom is 0.358 e. The van der Waals surface area contributed by atoms with Gasteiger partial charge in [-0.25, -0.2) is 4.39 Å². The number of halogens is 1. The van der Waals surface area contributed by atoms with Crippen molar-refractivity contribution in [1.29, 1.82) is 0 Å². The Hall–Kier alpha value is -3.27. The highest BCUT2D eigenvalue weighted by atomic mass is 32.1. The molecule has 39 heavy (non-hydrogen) atoms. The SMILES string of the molecule is C=C1C[C@]23C[C@@]1(OC(C)=O)CC[C@H]2C1=C[C@H]2OC(=O)[C@@](C)([C@H]1[C@@H]3C(=O)OC)[C@H]2OC(=S)Oc1ccc(F)cc1. The van der Waals surface area contributed by atoms with Crippen LogP contribution in [0.3, 0.4) is 0 Å². The zero-order valence-electron chi connectivity index (χ0n) is 21.9. The van der Waals surface area contributed by atoms with Crippen LogP contribution in [0.5, 0.6) is 5.75 Å². The van der Waals surface area contributed by atoms with Gasteiger partial charge in [-0.2, -0.15) is 0 Å². The highest BCUT2D eigenvalue weighted by Gasteiger charge is 2.77. The second-order valence-electron chi connectivity index (χ2n) is 11.5. The van der Waals surface area contributed by atoms with Crippen LogP contribution in [-0.4, -0.2) is 48.1 Å². The molecule has 8 atom stereocenters. The minimum Gasteiger partial charge on any atom is -0.469 e. The van der Waals surface area contributed by atoms with Crippen molar-refractivity contribution in [2.24, 2.45) is 28.6 Å². The van der Waals surface area contributed by atoms with Crippen molar-refractivity contribution in [3.05, 3.63) is 53.9 Å². The smallest absolute Gasteiger partial charge is 0.358 e. The van der Waals surface area contributed by atoms with E-state index in [-0.39, 0.29) is 16.9 Å². The fourth-order valence-electron chi connectivity index (χ4n) is 8.28.